The Kier molecular flexibility index (Phi) is 22.9. The van der Waals surface area contributed by atoms with Gasteiger partial charge in [0, 0.05) is 12.8 Å². The Morgan fingerprint density at radius 1 is 0.524 bits per heavy atom. The van der Waals surface area contributed by atoms with Crippen molar-refractivity contribution < 1.29 is 57.6 Å². The van der Waals surface area contributed by atoms with Crippen LogP contribution in [-0.4, -0.2) is 110 Å². The van der Waals surface area contributed by atoms with Crippen LogP contribution in [0.15, 0.2) is 36.4 Å². The summed E-state index contributed by atoms with van der Waals surface area (Å²) in [5.41, 5.74) is 0. The van der Waals surface area contributed by atoms with Crippen molar-refractivity contribution in [3.63, 3.8) is 0 Å². The molecular formula is C46H71N5O12. The van der Waals surface area contributed by atoms with Crippen LogP contribution in [0.3, 0.4) is 0 Å². The minimum Gasteiger partial charge on any atom is -0.494 e. The number of amides is 5. The summed E-state index contributed by atoms with van der Waals surface area (Å²) in [5.74, 6) is -2.95. The van der Waals surface area contributed by atoms with Gasteiger partial charge in [0.15, 0.2) is 0 Å². The number of carbonyl (C=O) groups excluding carboxylic acids is 7. The Hall–Kier alpha value is -5.45. The standard InChI is InChI=1S/C46H71N5O12/c1-26(2)22-35(42(55)51-40(29(7)8)46(59)61-11)47-43(56)39(28(5)6)49-37(53)14-12-20-62-33-18-16-31-17-19-34(25-32(31)24-33)63-21-13-15-38(54)50-41(30(9)52)44(57)48-36(23-27(3)4)45(58)60-10/h16-19,24-30,35-36,39-41,52H,12-15,20-23H2,1-11H3,(H,47,56)(H,48,57)(H,49,53)(H,50,54)(H,51,55)/t30-,35+,36+,39+,40+,41+/m1/s1. The van der Waals surface area contributed by atoms with Gasteiger partial charge >= 0.3 is 11.9 Å². The van der Waals surface area contributed by atoms with E-state index in [0.717, 1.165) is 10.8 Å². The number of fused-ring (bicyclic) bond motifs is 1. The van der Waals surface area contributed by atoms with Gasteiger partial charge in [0.05, 0.1) is 33.5 Å². The lowest BCUT2D eigenvalue weighted by molar-refractivity contribution is -0.147. The Bertz CT molecular complexity index is 1830. The van der Waals surface area contributed by atoms with E-state index >= 15 is 0 Å². The number of esters is 2. The van der Waals surface area contributed by atoms with E-state index < -0.39 is 71.9 Å². The number of rotatable bonds is 27. The lowest BCUT2D eigenvalue weighted by Crippen LogP contribution is -2.57. The SMILES string of the molecule is COC(=O)[C@H](CC(C)C)NC(=O)[C@@H](NC(=O)CCCOc1ccc2ccc(OCCCC(=O)N[C@H](C(=O)N[C@@H](CC(C)C)C(=O)N[C@H](C(=O)OC)C(C)C)C(C)C)cc2c1)[C@@H](C)O. The zero-order chi connectivity index (χ0) is 47.4. The molecule has 0 saturated carbocycles. The maximum Gasteiger partial charge on any atom is 0.328 e. The fraction of sp³-hybridized carbons (Fsp3) is 0.630. The molecule has 0 radical (unpaired) electrons. The molecule has 0 aliphatic heterocycles. The van der Waals surface area contributed by atoms with E-state index in [1.807, 2.05) is 64.1 Å². The van der Waals surface area contributed by atoms with Crippen molar-refractivity contribution in [1.29, 1.82) is 0 Å². The predicted molar refractivity (Wildman–Crippen MR) is 237 cm³/mol. The molecule has 0 aliphatic carbocycles. The van der Waals surface area contributed by atoms with E-state index in [2.05, 4.69) is 26.6 Å². The van der Waals surface area contributed by atoms with Crippen LogP contribution in [-0.2, 0) is 43.0 Å². The zero-order valence-corrected chi connectivity index (χ0v) is 38.8. The molecule has 63 heavy (non-hydrogen) atoms. The lowest BCUT2D eigenvalue weighted by atomic mass is 9.98. The van der Waals surface area contributed by atoms with Gasteiger partial charge in [-0.2, -0.15) is 0 Å². The summed E-state index contributed by atoms with van der Waals surface area (Å²) in [6.07, 6.45) is 0.236. The Morgan fingerprint density at radius 3 is 1.41 bits per heavy atom. The number of aliphatic hydroxyl groups is 1. The van der Waals surface area contributed by atoms with Crippen molar-refractivity contribution in [2.24, 2.45) is 23.7 Å². The van der Waals surface area contributed by atoms with Crippen LogP contribution in [0.1, 0.15) is 101 Å². The second-order valence-corrected chi connectivity index (χ2v) is 17.3. The fourth-order valence-electron chi connectivity index (χ4n) is 6.59. The van der Waals surface area contributed by atoms with E-state index in [1.54, 1.807) is 27.7 Å². The van der Waals surface area contributed by atoms with Gasteiger partial charge < -0.3 is 50.6 Å². The second-order valence-electron chi connectivity index (χ2n) is 17.3. The number of carbonyl (C=O) groups is 7. The van der Waals surface area contributed by atoms with Crippen LogP contribution in [0.2, 0.25) is 0 Å². The Morgan fingerprint density at radius 2 is 0.968 bits per heavy atom. The lowest BCUT2D eigenvalue weighted by Gasteiger charge is -2.28. The molecule has 0 spiro atoms. The van der Waals surface area contributed by atoms with Crippen LogP contribution in [0.5, 0.6) is 11.5 Å². The van der Waals surface area contributed by atoms with Crippen molar-refractivity contribution in [3.8, 4) is 11.5 Å². The number of hydrogen-bond acceptors (Lipinski definition) is 12. The molecule has 0 aromatic heterocycles. The minimum atomic E-state index is -1.27. The smallest absolute Gasteiger partial charge is 0.328 e. The fourth-order valence-corrected chi connectivity index (χ4v) is 6.59. The highest BCUT2D eigenvalue weighted by Gasteiger charge is 2.33. The van der Waals surface area contributed by atoms with E-state index in [0.29, 0.717) is 37.2 Å². The largest absolute Gasteiger partial charge is 0.494 e. The Labute approximate surface area is 371 Å². The van der Waals surface area contributed by atoms with Crippen molar-refractivity contribution >= 4 is 52.2 Å². The monoisotopic (exact) mass is 886 g/mol. The average Bonchev–Trinajstić information content (AvgIpc) is 3.21. The molecule has 0 bridgehead atoms. The van der Waals surface area contributed by atoms with Gasteiger partial charge in [-0.15, -0.1) is 0 Å². The summed E-state index contributed by atoms with van der Waals surface area (Å²) in [7, 11) is 2.47. The van der Waals surface area contributed by atoms with Crippen LogP contribution >= 0.6 is 0 Å². The highest BCUT2D eigenvalue weighted by Crippen LogP contribution is 2.25. The van der Waals surface area contributed by atoms with Gasteiger partial charge in [0.2, 0.25) is 29.5 Å². The van der Waals surface area contributed by atoms with Gasteiger partial charge in [-0.1, -0.05) is 67.5 Å². The molecule has 17 nitrogen and oxygen atoms in total. The molecule has 6 atom stereocenters. The molecule has 2 aromatic rings. The third-order valence-electron chi connectivity index (χ3n) is 10.0. The molecular weight excluding hydrogens is 815 g/mol. The zero-order valence-electron chi connectivity index (χ0n) is 38.8. The number of nitrogens with one attached hydrogen (secondary N) is 5. The molecule has 0 aliphatic rings. The molecule has 0 saturated heterocycles. The molecule has 0 unspecified atom stereocenters. The third kappa shape index (κ3) is 18.8. The molecule has 5 amide bonds. The van der Waals surface area contributed by atoms with Crippen molar-refractivity contribution in [1.82, 2.24) is 26.6 Å². The van der Waals surface area contributed by atoms with E-state index in [4.69, 9.17) is 18.9 Å². The maximum absolute atomic E-state index is 13.4. The topological polar surface area (TPSA) is 237 Å². The number of hydrogen-bond donors (Lipinski definition) is 6. The molecule has 0 fully saturated rings. The number of methoxy groups -OCH3 is 2. The molecule has 0 heterocycles. The minimum absolute atomic E-state index is 0.0218. The Balaban J connectivity index is 1.90. The van der Waals surface area contributed by atoms with Crippen LogP contribution in [0.25, 0.3) is 10.8 Å². The first-order valence-corrected chi connectivity index (χ1v) is 21.8. The summed E-state index contributed by atoms with van der Waals surface area (Å²) >= 11 is 0. The summed E-state index contributed by atoms with van der Waals surface area (Å²) in [5, 5.41) is 25.4. The number of aliphatic hydroxyl groups excluding tert-OH is 1. The van der Waals surface area contributed by atoms with Gasteiger partial charge in [-0.05, 0) is 91.3 Å². The van der Waals surface area contributed by atoms with Crippen LogP contribution < -0.4 is 36.1 Å². The van der Waals surface area contributed by atoms with Crippen molar-refractivity contribution in [2.75, 3.05) is 27.4 Å². The highest BCUT2D eigenvalue weighted by atomic mass is 16.5. The summed E-state index contributed by atoms with van der Waals surface area (Å²) in [6, 6.07) is 6.21. The van der Waals surface area contributed by atoms with Crippen molar-refractivity contribution in [3.05, 3.63) is 36.4 Å². The van der Waals surface area contributed by atoms with Gasteiger partial charge in [0.1, 0.15) is 41.7 Å². The first-order chi connectivity index (χ1) is 29.7. The molecule has 6 N–H and O–H groups in total. The van der Waals surface area contributed by atoms with Gasteiger partial charge in [0.25, 0.3) is 0 Å². The quantitative estimate of drug-likeness (QED) is 0.0557. The third-order valence-corrected chi connectivity index (χ3v) is 10.0. The average molecular weight is 886 g/mol. The van der Waals surface area contributed by atoms with Gasteiger partial charge in [-0.3, -0.25) is 24.0 Å². The predicted octanol–water partition coefficient (Wildman–Crippen LogP) is 3.71. The highest BCUT2D eigenvalue weighted by molar-refractivity contribution is 5.94. The summed E-state index contributed by atoms with van der Waals surface area (Å²) in [4.78, 5) is 89.7. The van der Waals surface area contributed by atoms with Crippen LogP contribution in [0.4, 0.5) is 0 Å². The first-order valence-electron chi connectivity index (χ1n) is 21.8. The molecule has 17 heteroatoms. The summed E-state index contributed by atoms with van der Waals surface area (Å²) < 4.78 is 21.5. The van der Waals surface area contributed by atoms with E-state index in [1.165, 1.54) is 21.1 Å². The molecule has 2 aromatic carbocycles. The summed E-state index contributed by atoms with van der Waals surface area (Å²) in [6.45, 7) is 16.6. The maximum atomic E-state index is 13.4. The molecule has 352 valence electrons. The van der Waals surface area contributed by atoms with Crippen LogP contribution in [0, 0.1) is 23.7 Å². The normalized spacial score (nSPS) is 14.2. The first kappa shape index (κ1) is 53.7. The second kappa shape index (κ2) is 26.9. The number of benzene rings is 2. The molecule has 2 rings (SSSR count). The number of ether oxygens (including phenoxy) is 4. The van der Waals surface area contributed by atoms with E-state index in [9.17, 15) is 38.7 Å². The van der Waals surface area contributed by atoms with Gasteiger partial charge in [-0.25, -0.2) is 9.59 Å². The van der Waals surface area contributed by atoms with Crippen molar-refractivity contribution in [2.45, 2.75) is 137 Å². The van der Waals surface area contributed by atoms with E-state index in [-0.39, 0.29) is 55.6 Å².